The predicted octanol–water partition coefficient (Wildman–Crippen LogP) is 2.25. The maximum Gasteiger partial charge on any atom is 0.141 e. The van der Waals surface area contributed by atoms with Crippen LogP contribution in [0.5, 0.6) is 0 Å². The van der Waals surface area contributed by atoms with E-state index >= 15 is 0 Å². The summed E-state index contributed by atoms with van der Waals surface area (Å²) >= 11 is 0. The third-order valence-corrected chi connectivity index (χ3v) is 3.05. The van der Waals surface area contributed by atoms with E-state index in [0.29, 0.717) is 11.3 Å². The summed E-state index contributed by atoms with van der Waals surface area (Å²) in [6.07, 6.45) is 3.55. The minimum absolute atomic E-state index is 0.314. The summed E-state index contributed by atoms with van der Waals surface area (Å²) in [5.41, 5.74) is 0.314. The van der Waals surface area contributed by atoms with Gasteiger partial charge >= 0.3 is 0 Å². The summed E-state index contributed by atoms with van der Waals surface area (Å²) < 4.78 is 0. The lowest BCUT2D eigenvalue weighted by Gasteiger charge is -2.29. The van der Waals surface area contributed by atoms with Crippen LogP contribution in [0.4, 0.5) is 0 Å². The first-order valence-corrected chi connectivity index (χ1v) is 5.49. The highest BCUT2D eigenvalue weighted by molar-refractivity contribution is 4.88. The lowest BCUT2D eigenvalue weighted by atomic mass is 9.81. The van der Waals surface area contributed by atoms with Crippen LogP contribution in [0, 0.1) is 11.3 Å². The number of rotatable bonds is 5. The van der Waals surface area contributed by atoms with E-state index in [-0.39, 0.29) is 0 Å². The maximum absolute atomic E-state index is 4.17. The van der Waals surface area contributed by atoms with Gasteiger partial charge in [-0.15, -0.1) is 0 Å². The summed E-state index contributed by atoms with van der Waals surface area (Å²) in [4.78, 5) is 8.34. The van der Waals surface area contributed by atoms with E-state index in [1.54, 1.807) is 12.4 Å². The maximum atomic E-state index is 4.17. The Labute approximate surface area is 92.3 Å². The van der Waals surface area contributed by atoms with Crippen molar-refractivity contribution in [3.05, 3.63) is 24.3 Å². The summed E-state index contributed by atoms with van der Waals surface area (Å²) in [6.45, 7) is 10.8. The lowest BCUT2D eigenvalue weighted by molar-refractivity contribution is 0.237. The average Bonchev–Trinajstić information content (AvgIpc) is 2.19. The number of aromatic nitrogens is 2. The van der Waals surface area contributed by atoms with Gasteiger partial charge in [0.25, 0.3) is 0 Å². The van der Waals surface area contributed by atoms with Crippen LogP contribution in [0.2, 0.25) is 0 Å². The fourth-order valence-electron chi connectivity index (χ4n) is 1.12. The SMILES string of the molecule is CC(C)C(C)(C)CNCc1ncccn1. The van der Waals surface area contributed by atoms with Gasteiger partial charge in [0.15, 0.2) is 0 Å². The number of hydrogen-bond donors (Lipinski definition) is 1. The first-order chi connectivity index (χ1) is 7.02. The van der Waals surface area contributed by atoms with Crippen LogP contribution in [0.3, 0.4) is 0 Å². The van der Waals surface area contributed by atoms with Crippen molar-refractivity contribution in [2.24, 2.45) is 11.3 Å². The van der Waals surface area contributed by atoms with Crippen LogP contribution >= 0.6 is 0 Å². The minimum atomic E-state index is 0.314. The molecule has 0 aliphatic heterocycles. The average molecular weight is 207 g/mol. The van der Waals surface area contributed by atoms with Crippen molar-refractivity contribution in [3.63, 3.8) is 0 Å². The van der Waals surface area contributed by atoms with E-state index in [1.807, 2.05) is 6.07 Å². The molecule has 1 rings (SSSR count). The number of hydrogen-bond acceptors (Lipinski definition) is 3. The van der Waals surface area contributed by atoms with Crippen LogP contribution in [0.25, 0.3) is 0 Å². The zero-order chi connectivity index (χ0) is 11.3. The van der Waals surface area contributed by atoms with Gasteiger partial charge in [0.2, 0.25) is 0 Å². The second-order valence-corrected chi connectivity index (χ2v) is 4.91. The predicted molar refractivity (Wildman–Crippen MR) is 62.4 cm³/mol. The highest BCUT2D eigenvalue weighted by Crippen LogP contribution is 2.24. The minimum Gasteiger partial charge on any atom is -0.309 e. The molecule has 0 amide bonds. The fourth-order valence-corrected chi connectivity index (χ4v) is 1.12. The summed E-state index contributed by atoms with van der Waals surface area (Å²) in [7, 11) is 0. The number of nitrogens with zero attached hydrogens (tertiary/aromatic N) is 2. The molecule has 0 fully saturated rings. The largest absolute Gasteiger partial charge is 0.309 e. The third-order valence-electron chi connectivity index (χ3n) is 3.05. The van der Waals surface area contributed by atoms with Crippen LogP contribution in [-0.4, -0.2) is 16.5 Å². The molecule has 15 heavy (non-hydrogen) atoms. The van der Waals surface area contributed by atoms with Gasteiger partial charge in [0.1, 0.15) is 5.82 Å². The molecule has 84 valence electrons. The molecular formula is C12H21N3. The Hall–Kier alpha value is -0.960. The van der Waals surface area contributed by atoms with E-state index in [2.05, 4.69) is 43.0 Å². The third kappa shape index (κ3) is 3.96. The molecule has 0 bridgehead atoms. The molecule has 0 saturated carbocycles. The van der Waals surface area contributed by atoms with Gasteiger partial charge in [-0.05, 0) is 17.4 Å². The quantitative estimate of drug-likeness (QED) is 0.804. The van der Waals surface area contributed by atoms with E-state index in [9.17, 15) is 0 Å². The first-order valence-electron chi connectivity index (χ1n) is 5.49. The molecule has 0 radical (unpaired) electrons. The van der Waals surface area contributed by atoms with Crippen molar-refractivity contribution in [1.82, 2.24) is 15.3 Å². The molecule has 0 spiro atoms. The van der Waals surface area contributed by atoms with Crippen molar-refractivity contribution in [3.8, 4) is 0 Å². The molecule has 1 N–H and O–H groups in total. The first kappa shape index (κ1) is 12.1. The topological polar surface area (TPSA) is 37.8 Å². The molecule has 0 saturated heterocycles. The molecule has 1 heterocycles. The fraction of sp³-hybridized carbons (Fsp3) is 0.667. The molecule has 0 unspecified atom stereocenters. The Morgan fingerprint density at radius 1 is 1.27 bits per heavy atom. The number of nitrogens with one attached hydrogen (secondary N) is 1. The molecule has 1 aromatic heterocycles. The van der Waals surface area contributed by atoms with E-state index < -0.39 is 0 Å². The van der Waals surface area contributed by atoms with Gasteiger partial charge in [0.05, 0.1) is 6.54 Å². The van der Waals surface area contributed by atoms with Gasteiger partial charge < -0.3 is 5.32 Å². The van der Waals surface area contributed by atoms with Crippen molar-refractivity contribution in [2.45, 2.75) is 34.2 Å². The van der Waals surface area contributed by atoms with Gasteiger partial charge in [-0.1, -0.05) is 27.7 Å². The molecule has 0 aliphatic rings. The van der Waals surface area contributed by atoms with Crippen molar-refractivity contribution < 1.29 is 0 Å². The Morgan fingerprint density at radius 2 is 1.87 bits per heavy atom. The second-order valence-electron chi connectivity index (χ2n) is 4.91. The zero-order valence-electron chi connectivity index (χ0n) is 10.1. The summed E-state index contributed by atoms with van der Waals surface area (Å²) in [6, 6.07) is 1.83. The van der Waals surface area contributed by atoms with Crippen LogP contribution in [0.1, 0.15) is 33.5 Å². The summed E-state index contributed by atoms with van der Waals surface area (Å²) in [5.74, 6) is 1.53. The van der Waals surface area contributed by atoms with Crippen LogP contribution < -0.4 is 5.32 Å². The standard InChI is InChI=1S/C12H21N3/c1-10(2)12(3,4)9-13-8-11-14-6-5-7-15-11/h5-7,10,13H,8-9H2,1-4H3. The molecule has 3 nitrogen and oxygen atoms in total. The molecule has 1 aromatic rings. The van der Waals surface area contributed by atoms with Gasteiger partial charge in [-0.2, -0.15) is 0 Å². The molecule has 0 aliphatic carbocycles. The van der Waals surface area contributed by atoms with Crippen molar-refractivity contribution >= 4 is 0 Å². The molecule has 0 atom stereocenters. The Bertz CT molecular complexity index is 280. The van der Waals surface area contributed by atoms with E-state index in [4.69, 9.17) is 0 Å². The van der Waals surface area contributed by atoms with Crippen LogP contribution in [-0.2, 0) is 6.54 Å². The zero-order valence-corrected chi connectivity index (χ0v) is 10.1. The molecule has 0 aromatic carbocycles. The van der Waals surface area contributed by atoms with E-state index in [0.717, 1.165) is 18.9 Å². The van der Waals surface area contributed by atoms with Crippen molar-refractivity contribution in [1.29, 1.82) is 0 Å². The Balaban J connectivity index is 2.34. The monoisotopic (exact) mass is 207 g/mol. The van der Waals surface area contributed by atoms with Gasteiger partial charge in [-0.3, -0.25) is 0 Å². The molecular weight excluding hydrogens is 186 g/mol. The Morgan fingerprint density at radius 3 is 2.40 bits per heavy atom. The normalized spacial score (nSPS) is 12.1. The summed E-state index contributed by atoms with van der Waals surface area (Å²) in [5, 5.41) is 3.40. The highest BCUT2D eigenvalue weighted by Gasteiger charge is 2.21. The highest BCUT2D eigenvalue weighted by atomic mass is 15.0. The van der Waals surface area contributed by atoms with Crippen LogP contribution in [0.15, 0.2) is 18.5 Å². The van der Waals surface area contributed by atoms with Gasteiger partial charge in [-0.25, -0.2) is 9.97 Å². The van der Waals surface area contributed by atoms with E-state index in [1.165, 1.54) is 0 Å². The second kappa shape index (κ2) is 5.21. The Kier molecular flexibility index (Phi) is 4.21. The lowest BCUT2D eigenvalue weighted by Crippen LogP contribution is -2.33. The van der Waals surface area contributed by atoms with Crippen molar-refractivity contribution in [2.75, 3.05) is 6.54 Å². The molecule has 3 heteroatoms. The van der Waals surface area contributed by atoms with Gasteiger partial charge in [0, 0.05) is 18.9 Å². The smallest absolute Gasteiger partial charge is 0.141 e.